The van der Waals surface area contributed by atoms with Crippen molar-refractivity contribution in [1.82, 2.24) is 10.2 Å². The summed E-state index contributed by atoms with van der Waals surface area (Å²) < 4.78 is 5.55. The number of para-hydroxylation sites is 1. The molecule has 43 heavy (non-hydrogen) atoms. The van der Waals surface area contributed by atoms with E-state index in [0.29, 0.717) is 10.7 Å². The zero-order valence-electron chi connectivity index (χ0n) is 25.9. The topological polar surface area (TPSA) is 87.7 Å². The van der Waals surface area contributed by atoms with E-state index in [1.54, 1.807) is 31.7 Å². The molecule has 0 radical (unpaired) electrons. The number of aryl methyl sites for hydroxylation is 2. The van der Waals surface area contributed by atoms with Gasteiger partial charge in [0.2, 0.25) is 5.91 Å². The van der Waals surface area contributed by atoms with Gasteiger partial charge in [0.1, 0.15) is 17.7 Å². The number of hydrogen-bond acceptors (Lipinski definition) is 4. The summed E-state index contributed by atoms with van der Waals surface area (Å²) in [5.41, 5.74) is 4.14. The van der Waals surface area contributed by atoms with Gasteiger partial charge in [0.05, 0.1) is 10.7 Å². The number of hydrogen-bond donors (Lipinski definition) is 2. The lowest BCUT2D eigenvalue weighted by molar-refractivity contribution is -0.145. The number of ether oxygens (including phenoxy) is 1. The largest absolute Gasteiger partial charge is 0.444 e. The van der Waals surface area contributed by atoms with Crippen LogP contribution in [-0.4, -0.2) is 40.5 Å². The first-order valence-electron chi connectivity index (χ1n) is 14.8. The third-order valence-corrected chi connectivity index (χ3v) is 8.25. The molecule has 2 N–H and O–H groups in total. The van der Waals surface area contributed by atoms with E-state index in [4.69, 9.17) is 16.3 Å². The predicted octanol–water partition coefficient (Wildman–Crippen LogP) is 7.46. The summed E-state index contributed by atoms with van der Waals surface area (Å²) in [6.07, 6.45) is 2.02. The first-order valence-corrected chi connectivity index (χ1v) is 15.2. The fourth-order valence-corrected chi connectivity index (χ4v) is 5.60. The van der Waals surface area contributed by atoms with E-state index in [2.05, 4.69) is 10.6 Å². The molecular formula is C35H42ClN3O4. The van der Waals surface area contributed by atoms with Gasteiger partial charge in [-0.3, -0.25) is 9.59 Å². The molecule has 228 valence electrons. The molecule has 0 spiro atoms. The van der Waals surface area contributed by atoms with Crippen molar-refractivity contribution in [2.24, 2.45) is 0 Å². The van der Waals surface area contributed by atoms with Crippen LogP contribution >= 0.6 is 11.6 Å². The Morgan fingerprint density at radius 1 is 0.930 bits per heavy atom. The highest BCUT2D eigenvalue weighted by Crippen LogP contribution is 2.37. The molecule has 1 aliphatic carbocycles. The van der Waals surface area contributed by atoms with Crippen LogP contribution in [0.3, 0.4) is 0 Å². The van der Waals surface area contributed by atoms with Crippen molar-refractivity contribution in [3.63, 3.8) is 0 Å². The zero-order valence-corrected chi connectivity index (χ0v) is 26.6. The number of anilines is 1. The van der Waals surface area contributed by atoms with Crippen molar-refractivity contribution < 1.29 is 19.1 Å². The molecule has 0 bridgehead atoms. The lowest BCUT2D eigenvalue weighted by atomic mass is 9.86. The first kappa shape index (κ1) is 32.1. The fourth-order valence-electron chi connectivity index (χ4n) is 5.33. The van der Waals surface area contributed by atoms with Gasteiger partial charge in [0, 0.05) is 12.5 Å². The van der Waals surface area contributed by atoms with Crippen LogP contribution in [-0.2, 0) is 20.7 Å². The van der Waals surface area contributed by atoms with Crippen molar-refractivity contribution in [1.29, 1.82) is 0 Å². The third kappa shape index (κ3) is 7.96. The normalized spacial score (nSPS) is 14.7. The van der Waals surface area contributed by atoms with Crippen LogP contribution in [0.5, 0.6) is 0 Å². The Morgan fingerprint density at radius 3 is 2.19 bits per heavy atom. The number of carbonyl (C=O) groups is 3. The van der Waals surface area contributed by atoms with Gasteiger partial charge in [-0.25, -0.2) is 4.79 Å². The molecular weight excluding hydrogens is 562 g/mol. The Labute approximate surface area is 260 Å². The van der Waals surface area contributed by atoms with E-state index in [1.165, 1.54) is 0 Å². The standard InChI is InChI=1S/C35H42ClN3O4/c1-22-13-10-19-27(24(22)3)31(32(40)38-30-23(2)14-11-20-28(30)36)39(26-17-12-18-26)33(41)29(21-25-15-8-7-9-16-25)37-34(42)43-35(4,5)6/h7-11,13-16,19-20,26,29,31H,12,17-18,21H2,1-6H3,(H,37,42)(H,38,40). The van der Waals surface area contributed by atoms with Crippen LogP contribution in [0, 0.1) is 20.8 Å². The molecule has 1 fully saturated rings. The van der Waals surface area contributed by atoms with Gasteiger partial charge in [-0.1, -0.05) is 72.3 Å². The summed E-state index contributed by atoms with van der Waals surface area (Å²) in [6, 6.07) is 18.7. The monoisotopic (exact) mass is 603 g/mol. The maximum atomic E-state index is 14.7. The van der Waals surface area contributed by atoms with E-state index >= 15 is 0 Å². The summed E-state index contributed by atoms with van der Waals surface area (Å²) in [5.74, 6) is -0.697. The molecule has 0 heterocycles. The average Bonchev–Trinajstić information content (AvgIpc) is 2.90. The van der Waals surface area contributed by atoms with E-state index in [-0.39, 0.29) is 24.3 Å². The van der Waals surface area contributed by atoms with Crippen LogP contribution in [0.25, 0.3) is 0 Å². The van der Waals surface area contributed by atoms with Gasteiger partial charge in [-0.05, 0) is 94.7 Å². The molecule has 1 saturated carbocycles. The molecule has 3 aromatic rings. The van der Waals surface area contributed by atoms with Crippen LogP contribution in [0.1, 0.15) is 73.9 Å². The summed E-state index contributed by atoms with van der Waals surface area (Å²) in [6.45, 7) is 11.2. The van der Waals surface area contributed by atoms with Crippen LogP contribution < -0.4 is 10.6 Å². The maximum absolute atomic E-state index is 14.7. The smallest absolute Gasteiger partial charge is 0.408 e. The van der Waals surface area contributed by atoms with Crippen molar-refractivity contribution >= 4 is 35.2 Å². The molecule has 0 saturated heterocycles. The SMILES string of the molecule is Cc1cccc(C(C(=O)Nc2c(C)cccc2Cl)N(C(=O)C(Cc2ccccc2)NC(=O)OC(C)(C)C)C2CCC2)c1C. The molecule has 1 aliphatic rings. The van der Waals surface area contributed by atoms with E-state index in [1.807, 2.05) is 81.4 Å². The van der Waals surface area contributed by atoms with Gasteiger partial charge in [0.15, 0.2) is 0 Å². The third-order valence-electron chi connectivity index (χ3n) is 7.93. The second-order valence-corrected chi connectivity index (χ2v) is 12.7. The second-order valence-electron chi connectivity index (χ2n) is 12.3. The lowest BCUT2D eigenvalue weighted by Crippen LogP contribution is -2.57. The zero-order chi connectivity index (χ0) is 31.3. The van der Waals surface area contributed by atoms with Gasteiger partial charge in [-0.2, -0.15) is 0 Å². The maximum Gasteiger partial charge on any atom is 0.408 e. The predicted molar refractivity (Wildman–Crippen MR) is 171 cm³/mol. The van der Waals surface area contributed by atoms with Gasteiger partial charge in [0.25, 0.3) is 5.91 Å². The molecule has 3 amide bonds. The number of nitrogens with zero attached hydrogens (tertiary/aromatic N) is 1. The van der Waals surface area contributed by atoms with Crippen LogP contribution in [0.15, 0.2) is 66.7 Å². The highest BCUT2D eigenvalue weighted by molar-refractivity contribution is 6.34. The number of amides is 3. The Morgan fingerprint density at radius 2 is 1.58 bits per heavy atom. The lowest BCUT2D eigenvalue weighted by Gasteiger charge is -2.44. The molecule has 4 rings (SSSR count). The van der Waals surface area contributed by atoms with Crippen molar-refractivity contribution in [3.8, 4) is 0 Å². The van der Waals surface area contributed by atoms with Crippen molar-refractivity contribution in [2.45, 2.75) is 91.0 Å². The molecule has 0 aliphatic heterocycles. The second kappa shape index (κ2) is 13.6. The van der Waals surface area contributed by atoms with Gasteiger partial charge in [-0.15, -0.1) is 0 Å². The Balaban J connectivity index is 1.80. The molecule has 0 aromatic heterocycles. The molecule has 2 unspecified atom stereocenters. The number of alkyl carbamates (subject to hydrolysis) is 1. The summed E-state index contributed by atoms with van der Waals surface area (Å²) in [5, 5.41) is 6.30. The minimum absolute atomic E-state index is 0.172. The van der Waals surface area contributed by atoms with Gasteiger partial charge >= 0.3 is 6.09 Å². The summed E-state index contributed by atoms with van der Waals surface area (Å²) >= 11 is 6.52. The molecule has 8 heteroatoms. The Kier molecular flexibility index (Phi) is 10.2. The molecule has 3 aromatic carbocycles. The first-order chi connectivity index (χ1) is 20.4. The van der Waals surface area contributed by atoms with Crippen LogP contribution in [0.2, 0.25) is 5.02 Å². The number of halogens is 1. The van der Waals surface area contributed by atoms with E-state index in [0.717, 1.165) is 47.1 Å². The summed E-state index contributed by atoms with van der Waals surface area (Å²) in [4.78, 5) is 43.8. The summed E-state index contributed by atoms with van der Waals surface area (Å²) in [7, 11) is 0. The van der Waals surface area contributed by atoms with Crippen molar-refractivity contribution in [2.75, 3.05) is 5.32 Å². The minimum Gasteiger partial charge on any atom is -0.444 e. The molecule has 2 atom stereocenters. The Bertz CT molecular complexity index is 1440. The minimum atomic E-state index is -0.958. The van der Waals surface area contributed by atoms with Gasteiger partial charge < -0.3 is 20.3 Å². The molecule has 7 nitrogen and oxygen atoms in total. The van der Waals surface area contributed by atoms with E-state index in [9.17, 15) is 14.4 Å². The highest BCUT2D eigenvalue weighted by atomic mass is 35.5. The number of rotatable bonds is 9. The number of nitrogens with one attached hydrogen (secondary N) is 2. The average molecular weight is 604 g/mol. The number of benzene rings is 3. The quantitative estimate of drug-likeness (QED) is 0.266. The number of carbonyl (C=O) groups excluding carboxylic acids is 3. The Hall–Kier alpha value is -3.84. The van der Waals surface area contributed by atoms with E-state index < -0.39 is 23.8 Å². The van der Waals surface area contributed by atoms with Crippen molar-refractivity contribution in [3.05, 3.63) is 99.6 Å². The fraction of sp³-hybridized carbons (Fsp3) is 0.400. The van der Waals surface area contributed by atoms with Crippen LogP contribution in [0.4, 0.5) is 10.5 Å². The highest BCUT2D eigenvalue weighted by Gasteiger charge is 2.42.